The lowest BCUT2D eigenvalue weighted by Gasteiger charge is -2.27. The van der Waals surface area contributed by atoms with E-state index in [-0.39, 0.29) is 0 Å². The molecule has 0 spiro atoms. The highest BCUT2D eigenvalue weighted by molar-refractivity contribution is 5.16. The fourth-order valence-corrected chi connectivity index (χ4v) is 2.79. The molecule has 1 aliphatic rings. The predicted molar refractivity (Wildman–Crippen MR) is 75.8 cm³/mol. The van der Waals surface area contributed by atoms with E-state index in [1.807, 2.05) is 0 Å². The van der Waals surface area contributed by atoms with Crippen molar-refractivity contribution in [3.8, 4) is 0 Å². The monoisotopic (exact) mass is 249 g/mol. The van der Waals surface area contributed by atoms with Crippen molar-refractivity contribution in [1.29, 1.82) is 0 Å². The summed E-state index contributed by atoms with van der Waals surface area (Å²) in [6.45, 7) is 10.2. The maximum Gasteiger partial charge on any atom is 0.0951 e. The van der Waals surface area contributed by atoms with Gasteiger partial charge >= 0.3 is 0 Å². The molecular weight excluding hydrogens is 222 g/mol. The molecule has 0 bridgehead atoms. The molecule has 1 aromatic heterocycles. The largest absolute Gasteiger partial charge is 0.334 e. The summed E-state index contributed by atoms with van der Waals surface area (Å²) >= 11 is 0. The third-order valence-corrected chi connectivity index (χ3v) is 3.74. The molecule has 18 heavy (non-hydrogen) atoms. The fraction of sp³-hybridized carbons (Fsp3) is 0.800. The van der Waals surface area contributed by atoms with Gasteiger partial charge in [0.1, 0.15) is 0 Å². The van der Waals surface area contributed by atoms with E-state index < -0.39 is 0 Å². The smallest absolute Gasteiger partial charge is 0.0951 e. The van der Waals surface area contributed by atoms with Gasteiger partial charge in [-0.2, -0.15) is 0 Å². The zero-order chi connectivity index (χ0) is 13.0. The average Bonchev–Trinajstić information content (AvgIpc) is 2.72. The van der Waals surface area contributed by atoms with Crippen molar-refractivity contribution in [2.24, 2.45) is 5.41 Å². The Morgan fingerprint density at radius 3 is 2.89 bits per heavy atom. The number of aryl methyl sites for hydroxylation is 1. The average molecular weight is 249 g/mol. The Bertz CT molecular complexity index is 379. The molecule has 3 nitrogen and oxygen atoms in total. The van der Waals surface area contributed by atoms with E-state index in [4.69, 9.17) is 0 Å². The highest BCUT2D eigenvalue weighted by atomic mass is 15.1. The first-order valence-corrected chi connectivity index (χ1v) is 7.36. The first-order chi connectivity index (χ1) is 8.62. The molecule has 0 saturated carbocycles. The van der Waals surface area contributed by atoms with Crippen LogP contribution < -0.4 is 5.32 Å². The summed E-state index contributed by atoms with van der Waals surface area (Å²) in [4.78, 5) is 4.58. The molecule has 0 atom stereocenters. The van der Waals surface area contributed by atoms with Gasteiger partial charge < -0.3 is 9.88 Å². The molecule has 0 unspecified atom stereocenters. The van der Waals surface area contributed by atoms with Crippen LogP contribution >= 0.6 is 0 Å². The van der Waals surface area contributed by atoms with E-state index in [2.05, 4.69) is 42.0 Å². The Hall–Kier alpha value is -0.830. The number of aromatic nitrogens is 2. The van der Waals surface area contributed by atoms with Crippen molar-refractivity contribution in [2.45, 2.75) is 59.4 Å². The van der Waals surface area contributed by atoms with Crippen LogP contribution in [0.2, 0.25) is 0 Å². The molecule has 0 aliphatic heterocycles. The first-order valence-electron chi connectivity index (χ1n) is 7.36. The van der Waals surface area contributed by atoms with Crippen LogP contribution in [0.1, 0.15) is 51.4 Å². The number of imidazole rings is 1. The third kappa shape index (κ3) is 3.35. The number of rotatable bonds is 6. The predicted octanol–water partition coefficient (Wildman–Crippen LogP) is 2.79. The number of hydrogen-bond donors (Lipinski definition) is 1. The molecule has 0 saturated heterocycles. The molecule has 0 amide bonds. The van der Waals surface area contributed by atoms with Crippen LogP contribution in [0.4, 0.5) is 0 Å². The molecule has 0 fully saturated rings. The van der Waals surface area contributed by atoms with Crippen molar-refractivity contribution in [2.75, 3.05) is 13.1 Å². The lowest BCUT2D eigenvalue weighted by molar-refractivity contribution is 0.285. The summed E-state index contributed by atoms with van der Waals surface area (Å²) in [6.07, 6.45) is 8.29. The van der Waals surface area contributed by atoms with Gasteiger partial charge in [0, 0.05) is 18.8 Å². The lowest BCUT2D eigenvalue weighted by atomic mass is 9.92. The molecule has 2 rings (SSSR count). The minimum atomic E-state index is 0.293. The summed E-state index contributed by atoms with van der Waals surface area (Å²) in [5, 5.41) is 3.53. The van der Waals surface area contributed by atoms with Gasteiger partial charge in [-0.1, -0.05) is 20.8 Å². The molecular formula is C15H27N3. The Balaban J connectivity index is 1.97. The van der Waals surface area contributed by atoms with E-state index in [0.717, 1.165) is 19.6 Å². The van der Waals surface area contributed by atoms with Crippen molar-refractivity contribution < 1.29 is 0 Å². The summed E-state index contributed by atoms with van der Waals surface area (Å²) < 4.78 is 2.39. The van der Waals surface area contributed by atoms with Crippen molar-refractivity contribution in [3.05, 3.63) is 17.7 Å². The van der Waals surface area contributed by atoms with E-state index in [9.17, 15) is 0 Å². The Labute approximate surface area is 111 Å². The molecule has 1 heterocycles. The van der Waals surface area contributed by atoms with Crippen LogP contribution in [0.15, 0.2) is 6.33 Å². The standard InChI is InChI=1S/C15H27N3/c1-4-9-16-10-15(2,3)11-18-12-17-13-7-5-6-8-14(13)18/h12,16H,4-11H2,1-3H3. The highest BCUT2D eigenvalue weighted by Gasteiger charge is 2.22. The quantitative estimate of drug-likeness (QED) is 0.786. The molecule has 1 aromatic rings. The highest BCUT2D eigenvalue weighted by Crippen LogP contribution is 2.24. The molecule has 1 aliphatic carbocycles. The number of nitrogens with one attached hydrogen (secondary N) is 1. The third-order valence-electron chi connectivity index (χ3n) is 3.74. The van der Waals surface area contributed by atoms with Gasteiger partial charge in [0.2, 0.25) is 0 Å². The van der Waals surface area contributed by atoms with Crippen molar-refractivity contribution in [3.63, 3.8) is 0 Å². The van der Waals surface area contributed by atoms with Crippen LogP contribution in [0, 0.1) is 5.41 Å². The van der Waals surface area contributed by atoms with E-state index in [1.54, 1.807) is 0 Å². The fourth-order valence-electron chi connectivity index (χ4n) is 2.79. The second kappa shape index (κ2) is 5.87. The number of nitrogens with zero attached hydrogens (tertiary/aromatic N) is 2. The van der Waals surface area contributed by atoms with E-state index in [1.165, 1.54) is 43.5 Å². The van der Waals surface area contributed by atoms with Crippen LogP contribution in [-0.4, -0.2) is 22.6 Å². The Morgan fingerprint density at radius 2 is 2.11 bits per heavy atom. The van der Waals surface area contributed by atoms with Gasteiger partial charge in [-0.3, -0.25) is 0 Å². The summed E-state index contributed by atoms with van der Waals surface area (Å²) in [6, 6.07) is 0. The second-order valence-electron chi connectivity index (χ2n) is 6.31. The van der Waals surface area contributed by atoms with E-state index in [0.29, 0.717) is 5.41 Å². The maximum absolute atomic E-state index is 4.58. The van der Waals surface area contributed by atoms with Crippen LogP contribution in [0.3, 0.4) is 0 Å². The van der Waals surface area contributed by atoms with Crippen molar-refractivity contribution >= 4 is 0 Å². The van der Waals surface area contributed by atoms with Gasteiger partial charge in [0.15, 0.2) is 0 Å². The minimum absolute atomic E-state index is 0.293. The minimum Gasteiger partial charge on any atom is -0.334 e. The zero-order valence-corrected chi connectivity index (χ0v) is 12.1. The number of fused-ring (bicyclic) bond motifs is 1. The Kier molecular flexibility index (Phi) is 4.44. The number of hydrogen-bond acceptors (Lipinski definition) is 2. The van der Waals surface area contributed by atoms with Gasteiger partial charge in [0.05, 0.1) is 12.0 Å². The molecule has 0 radical (unpaired) electrons. The first kappa shape index (κ1) is 13.6. The van der Waals surface area contributed by atoms with Gasteiger partial charge in [-0.15, -0.1) is 0 Å². The molecule has 102 valence electrons. The van der Waals surface area contributed by atoms with E-state index >= 15 is 0 Å². The molecule has 3 heteroatoms. The van der Waals surface area contributed by atoms with Crippen LogP contribution in [-0.2, 0) is 19.4 Å². The topological polar surface area (TPSA) is 29.9 Å². The van der Waals surface area contributed by atoms with Gasteiger partial charge in [0.25, 0.3) is 0 Å². The lowest BCUT2D eigenvalue weighted by Crippen LogP contribution is -2.33. The molecule has 1 N–H and O–H groups in total. The molecule has 0 aromatic carbocycles. The maximum atomic E-state index is 4.58. The van der Waals surface area contributed by atoms with Gasteiger partial charge in [-0.05, 0) is 44.1 Å². The normalized spacial score (nSPS) is 15.7. The van der Waals surface area contributed by atoms with Gasteiger partial charge in [-0.25, -0.2) is 4.98 Å². The second-order valence-corrected chi connectivity index (χ2v) is 6.31. The van der Waals surface area contributed by atoms with Crippen molar-refractivity contribution in [1.82, 2.24) is 14.9 Å². The summed E-state index contributed by atoms with van der Waals surface area (Å²) in [5.74, 6) is 0. The summed E-state index contributed by atoms with van der Waals surface area (Å²) in [5.41, 5.74) is 3.13. The Morgan fingerprint density at radius 1 is 1.33 bits per heavy atom. The van der Waals surface area contributed by atoms with Crippen LogP contribution in [0.25, 0.3) is 0 Å². The SMILES string of the molecule is CCCNCC(C)(C)Cn1cnc2c1CCCC2. The zero-order valence-electron chi connectivity index (χ0n) is 12.1. The van der Waals surface area contributed by atoms with Crippen LogP contribution in [0.5, 0.6) is 0 Å². The summed E-state index contributed by atoms with van der Waals surface area (Å²) in [7, 11) is 0.